The van der Waals surface area contributed by atoms with Crippen molar-refractivity contribution >= 4 is 11.6 Å². The van der Waals surface area contributed by atoms with Gasteiger partial charge in [-0.2, -0.15) is 0 Å². The summed E-state index contributed by atoms with van der Waals surface area (Å²) in [7, 11) is 0. The van der Waals surface area contributed by atoms with Crippen molar-refractivity contribution in [2.24, 2.45) is 0 Å². The summed E-state index contributed by atoms with van der Waals surface area (Å²) in [5.74, 6) is 0. The summed E-state index contributed by atoms with van der Waals surface area (Å²) in [6.45, 7) is 8.10. The number of rotatable bonds is 2. The molecule has 2 aromatic rings. The van der Waals surface area contributed by atoms with Gasteiger partial charge in [-0.3, -0.25) is 0 Å². The summed E-state index contributed by atoms with van der Waals surface area (Å²) in [6, 6.07) is 15.1. The Balaban J connectivity index is 1.86. The molecule has 0 amide bonds. The summed E-state index contributed by atoms with van der Waals surface area (Å²) in [6.07, 6.45) is 0. The molecular formula is C19H21ClO. The minimum atomic E-state index is -0.107. The first-order valence-corrected chi connectivity index (χ1v) is 7.83. The molecule has 0 aromatic heterocycles. The smallest absolute Gasteiger partial charge is 0.0835 e. The van der Waals surface area contributed by atoms with Crippen LogP contribution in [0.5, 0.6) is 0 Å². The molecule has 1 nitrogen and oxygen atoms in total. The lowest BCUT2D eigenvalue weighted by Gasteiger charge is -2.20. The second-order valence-electron chi connectivity index (χ2n) is 6.76. The van der Waals surface area contributed by atoms with Gasteiger partial charge in [0.15, 0.2) is 0 Å². The lowest BCUT2D eigenvalue weighted by molar-refractivity contribution is 0.134. The van der Waals surface area contributed by atoms with Crippen LogP contribution >= 0.6 is 11.6 Å². The van der Waals surface area contributed by atoms with Crippen molar-refractivity contribution < 1.29 is 4.74 Å². The van der Waals surface area contributed by atoms with Crippen LogP contribution in [-0.2, 0) is 23.4 Å². The van der Waals surface area contributed by atoms with Crippen molar-refractivity contribution in [2.45, 2.75) is 44.8 Å². The molecule has 0 spiro atoms. The average molecular weight is 301 g/mol. The van der Waals surface area contributed by atoms with Crippen molar-refractivity contribution in [2.75, 3.05) is 0 Å². The molecule has 0 bridgehead atoms. The van der Waals surface area contributed by atoms with Crippen LogP contribution in [0.1, 0.15) is 54.0 Å². The fourth-order valence-corrected chi connectivity index (χ4v) is 2.98. The van der Waals surface area contributed by atoms with Crippen molar-refractivity contribution in [1.29, 1.82) is 0 Å². The van der Waals surface area contributed by atoms with E-state index in [9.17, 15) is 0 Å². The number of halogens is 1. The zero-order valence-electron chi connectivity index (χ0n) is 12.8. The van der Waals surface area contributed by atoms with Crippen LogP contribution in [0.3, 0.4) is 0 Å². The molecule has 2 aromatic carbocycles. The Labute approximate surface area is 131 Å². The normalized spacial score (nSPS) is 15.8. The second-order valence-corrected chi connectivity index (χ2v) is 7.19. The van der Waals surface area contributed by atoms with Gasteiger partial charge >= 0.3 is 0 Å². The van der Waals surface area contributed by atoms with Gasteiger partial charge in [0.25, 0.3) is 0 Å². The SMILES string of the molecule is CC(C)(C)c1ccc(C(Cl)c2ccc3c(c2)COC3)cc1. The van der Waals surface area contributed by atoms with E-state index in [1.807, 2.05) is 0 Å². The Morgan fingerprint density at radius 1 is 0.905 bits per heavy atom. The van der Waals surface area contributed by atoms with Gasteiger partial charge in [0.2, 0.25) is 0 Å². The van der Waals surface area contributed by atoms with E-state index >= 15 is 0 Å². The molecule has 1 aliphatic heterocycles. The van der Waals surface area contributed by atoms with Crippen LogP contribution in [-0.4, -0.2) is 0 Å². The molecule has 1 aliphatic rings. The van der Waals surface area contributed by atoms with Crippen LogP contribution < -0.4 is 0 Å². The fraction of sp³-hybridized carbons (Fsp3) is 0.368. The van der Waals surface area contributed by atoms with Crippen LogP contribution in [0.2, 0.25) is 0 Å². The van der Waals surface area contributed by atoms with E-state index in [-0.39, 0.29) is 10.8 Å². The van der Waals surface area contributed by atoms with Gasteiger partial charge in [0.05, 0.1) is 18.6 Å². The van der Waals surface area contributed by atoms with Gasteiger partial charge in [0.1, 0.15) is 0 Å². The summed E-state index contributed by atoms with van der Waals surface area (Å²) < 4.78 is 5.47. The van der Waals surface area contributed by atoms with Gasteiger partial charge in [-0.05, 0) is 33.2 Å². The van der Waals surface area contributed by atoms with Crippen LogP contribution in [0, 0.1) is 0 Å². The summed E-state index contributed by atoms with van der Waals surface area (Å²) >= 11 is 6.66. The predicted octanol–water partition coefficient (Wildman–Crippen LogP) is 5.34. The molecule has 0 aliphatic carbocycles. The van der Waals surface area contributed by atoms with Gasteiger partial charge in [-0.15, -0.1) is 11.6 Å². The maximum atomic E-state index is 6.66. The van der Waals surface area contributed by atoms with E-state index in [2.05, 4.69) is 63.2 Å². The molecule has 3 rings (SSSR count). The lowest BCUT2D eigenvalue weighted by atomic mass is 9.86. The molecule has 1 heterocycles. The number of ether oxygens (including phenoxy) is 1. The molecule has 1 unspecified atom stereocenters. The minimum absolute atomic E-state index is 0.107. The van der Waals surface area contributed by atoms with Gasteiger partial charge < -0.3 is 4.74 Å². The summed E-state index contributed by atoms with van der Waals surface area (Å²) in [5.41, 5.74) is 6.34. The van der Waals surface area contributed by atoms with Crippen LogP contribution in [0.25, 0.3) is 0 Å². The van der Waals surface area contributed by atoms with E-state index in [0.29, 0.717) is 6.61 Å². The van der Waals surface area contributed by atoms with Crippen LogP contribution in [0.15, 0.2) is 42.5 Å². The maximum Gasteiger partial charge on any atom is 0.0835 e. The fourth-order valence-electron chi connectivity index (χ4n) is 2.69. The molecular weight excluding hydrogens is 280 g/mol. The Kier molecular flexibility index (Phi) is 3.81. The standard InChI is InChI=1S/C19H21ClO/c1-19(2,3)17-8-6-13(7-9-17)18(20)14-4-5-15-11-21-12-16(15)10-14/h4-10,18H,11-12H2,1-3H3. The average Bonchev–Trinajstić information content (AvgIpc) is 2.93. The Bertz CT molecular complexity index is 638. The topological polar surface area (TPSA) is 9.23 Å². The molecule has 0 N–H and O–H groups in total. The third-order valence-corrected chi connectivity index (χ3v) is 4.61. The van der Waals surface area contributed by atoms with Crippen molar-refractivity contribution in [3.05, 3.63) is 70.3 Å². The van der Waals surface area contributed by atoms with Gasteiger partial charge in [0, 0.05) is 0 Å². The van der Waals surface area contributed by atoms with Crippen molar-refractivity contribution in [3.8, 4) is 0 Å². The van der Waals surface area contributed by atoms with E-state index in [1.165, 1.54) is 16.7 Å². The maximum absolute atomic E-state index is 6.66. The van der Waals surface area contributed by atoms with E-state index in [0.717, 1.165) is 17.7 Å². The van der Waals surface area contributed by atoms with Crippen molar-refractivity contribution in [1.82, 2.24) is 0 Å². The quantitative estimate of drug-likeness (QED) is 0.680. The third kappa shape index (κ3) is 3.00. The molecule has 0 saturated heterocycles. The van der Waals surface area contributed by atoms with Crippen molar-refractivity contribution in [3.63, 3.8) is 0 Å². The Morgan fingerprint density at radius 2 is 1.52 bits per heavy atom. The minimum Gasteiger partial charge on any atom is -0.372 e. The lowest BCUT2D eigenvalue weighted by Crippen LogP contribution is -2.10. The molecule has 0 fully saturated rings. The number of benzene rings is 2. The largest absolute Gasteiger partial charge is 0.372 e. The highest BCUT2D eigenvalue weighted by Gasteiger charge is 2.18. The van der Waals surface area contributed by atoms with Gasteiger partial charge in [-0.1, -0.05) is 63.2 Å². The number of hydrogen-bond acceptors (Lipinski definition) is 1. The van der Waals surface area contributed by atoms with E-state index in [4.69, 9.17) is 16.3 Å². The molecule has 0 saturated carbocycles. The summed E-state index contributed by atoms with van der Waals surface area (Å²) in [4.78, 5) is 0. The summed E-state index contributed by atoms with van der Waals surface area (Å²) in [5, 5.41) is -0.107. The van der Waals surface area contributed by atoms with E-state index < -0.39 is 0 Å². The zero-order valence-corrected chi connectivity index (χ0v) is 13.6. The van der Waals surface area contributed by atoms with Crippen LogP contribution in [0.4, 0.5) is 0 Å². The third-order valence-electron chi connectivity index (χ3n) is 4.11. The molecule has 2 heteroatoms. The highest BCUT2D eigenvalue weighted by atomic mass is 35.5. The number of fused-ring (bicyclic) bond motifs is 1. The molecule has 21 heavy (non-hydrogen) atoms. The highest BCUT2D eigenvalue weighted by molar-refractivity contribution is 6.22. The highest BCUT2D eigenvalue weighted by Crippen LogP contribution is 2.33. The first-order chi connectivity index (χ1) is 9.95. The van der Waals surface area contributed by atoms with Gasteiger partial charge in [-0.25, -0.2) is 0 Å². The zero-order chi connectivity index (χ0) is 15.0. The molecule has 110 valence electrons. The monoisotopic (exact) mass is 300 g/mol. The Hall–Kier alpha value is -1.31. The predicted molar refractivity (Wildman–Crippen MR) is 87.8 cm³/mol. The second kappa shape index (κ2) is 5.47. The number of alkyl halides is 1. The first kappa shape index (κ1) is 14.6. The Morgan fingerprint density at radius 3 is 2.19 bits per heavy atom. The first-order valence-electron chi connectivity index (χ1n) is 7.39. The molecule has 1 atom stereocenters. The van der Waals surface area contributed by atoms with E-state index in [1.54, 1.807) is 0 Å². The number of hydrogen-bond donors (Lipinski definition) is 0. The molecule has 0 radical (unpaired) electrons.